The molecule has 0 unspecified atom stereocenters. The molecular formula is C52H67Cl2N8O7+. The summed E-state index contributed by atoms with van der Waals surface area (Å²) in [4.78, 5) is 51.0. The van der Waals surface area contributed by atoms with Crippen LogP contribution in [-0.2, 0) is 52.1 Å². The summed E-state index contributed by atoms with van der Waals surface area (Å²) >= 11 is 12.7. The number of aliphatic hydroxyl groups excluding tert-OH is 1. The number of pyridine rings is 1. The number of imidazole rings is 1. The summed E-state index contributed by atoms with van der Waals surface area (Å²) in [5.74, 6) is 0.305. The molecule has 69 heavy (non-hydrogen) atoms. The summed E-state index contributed by atoms with van der Waals surface area (Å²) in [6.45, 7) is 8.79. The maximum atomic E-state index is 14.6. The van der Waals surface area contributed by atoms with Gasteiger partial charge in [0.05, 0.1) is 48.1 Å². The number of aliphatic hydroxyl groups is 1. The molecule has 1 fully saturated rings. The summed E-state index contributed by atoms with van der Waals surface area (Å²) < 4.78 is 15.5. The van der Waals surface area contributed by atoms with E-state index in [0.29, 0.717) is 66.1 Å². The smallest absolute Gasteiger partial charge is 0.245 e. The highest BCUT2D eigenvalue weighted by atomic mass is 35.5. The van der Waals surface area contributed by atoms with Gasteiger partial charge in [0.1, 0.15) is 23.4 Å². The standard InChI is InChI=1S/C52H66Cl2N8O7/c1-35(55-30-39-14-19-41(54)28-46(39)69-43-20-15-37(16-21-43)45-31-56-47(60(45)7)32-59(5)6)48(64)57-44(33-63)49(65)58-52(29-36-12-17-40(53)18-13-36)23-10-24-61(34-52)50(66)38(22-26-68-51(2,3)4)27-42-11-8-9-25-62(42)67/h8-9,11-21,25,28,31,35,38,44,55,63H,10,22-24,26-27,29-30,32-34H2,1-7H3,(H2-,57,58,64,65,67)/p+1/t35-,38-,44-,52+/m0/s1. The van der Waals surface area contributed by atoms with E-state index in [4.69, 9.17) is 32.7 Å². The minimum atomic E-state index is -1.29. The lowest BCUT2D eigenvalue weighted by atomic mass is 9.82. The van der Waals surface area contributed by atoms with Crippen molar-refractivity contribution in [3.63, 3.8) is 0 Å². The number of carbonyl (C=O) groups excluding carboxylic acids is 3. The summed E-state index contributed by atoms with van der Waals surface area (Å²) in [5.41, 5.74) is 2.80. The van der Waals surface area contributed by atoms with Crippen LogP contribution in [0.1, 0.15) is 69.6 Å². The van der Waals surface area contributed by atoms with Gasteiger partial charge in [0.2, 0.25) is 29.6 Å². The Morgan fingerprint density at radius 3 is 2.39 bits per heavy atom. The number of aromatic nitrogens is 3. The van der Waals surface area contributed by atoms with Gasteiger partial charge in [-0.15, -0.1) is 0 Å². The summed E-state index contributed by atoms with van der Waals surface area (Å²) in [5, 5.41) is 31.3. The quantitative estimate of drug-likeness (QED) is 0.0403. The normalized spacial score (nSPS) is 16.5. The second-order valence-electron chi connectivity index (χ2n) is 19.2. The molecule has 1 saturated heterocycles. The van der Waals surface area contributed by atoms with E-state index in [9.17, 15) is 24.7 Å². The minimum absolute atomic E-state index is 0.125. The second-order valence-corrected chi connectivity index (χ2v) is 20.1. The minimum Gasteiger partial charge on any atom is -0.457 e. The Bertz CT molecular complexity index is 2510. The van der Waals surface area contributed by atoms with Gasteiger partial charge in [-0.25, -0.2) is 4.98 Å². The number of ether oxygens (including phenoxy) is 2. The summed E-state index contributed by atoms with van der Waals surface area (Å²) in [7, 11) is 6.01. The van der Waals surface area contributed by atoms with Gasteiger partial charge >= 0.3 is 0 Å². The number of likely N-dealkylation sites (tertiary alicyclic amines) is 1. The van der Waals surface area contributed by atoms with E-state index in [-0.39, 0.29) is 25.4 Å². The van der Waals surface area contributed by atoms with Gasteiger partial charge in [0, 0.05) is 77.7 Å². The molecule has 0 radical (unpaired) electrons. The number of halogens is 2. The van der Waals surface area contributed by atoms with Crippen LogP contribution >= 0.6 is 23.2 Å². The zero-order valence-electron chi connectivity index (χ0n) is 40.7. The highest BCUT2D eigenvalue weighted by molar-refractivity contribution is 6.31. The lowest BCUT2D eigenvalue weighted by Gasteiger charge is -2.45. The zero-order chi connectivity index (χ0) is 49.9. The molecule has 2 aromatic heterocycles. The van der Waals surface area contributed by atoms with Crippen molar-refractivity contribution >= 4 is 40.9 Å². The van der Waals surface area contributed by atoms with Crippen molar-refractivity contribution in [2.45, 2.75) is 96.1 Å². The fourth-order valence-corrected chi connectivity index (χ4v) is 8.78. The van der Waals surface area contributed by atoms with Gasteiger partial charge < -0.3 is 44.9 Å². The zero-order valence-corrected chi connectivity index (χ0v) is 42.2. The molecule has 0 aliphatic carbocycles. The number of hydrogen-bond donors (Lipinski definition) is 5. The highest BCUT2D eigenvalue weighted by Crippen LogP contribution is 2.32. The van der Waals surface area contributed by atoms with Gasteiger partial charge in [-0.2, -0.15) is 0 Å². The molecular weight excluding hydrogens is 920 g/mol. The molecule has 4 atom stereocenters. The average Bonchev–Trinajstić information content (AvgIpc) is 3.66. The number of amides is 3. The Balaban J connectivity index is 1.12. The number of nitrogens with zero attached hydrogens (tertiary/aromatic N) is 5. The van der Waals surface area contributed by atoms with Crippen LogP contribution in [0.2, 0.25) is 10.0 Å². The Morgan fingerprint density at radius 2 is 1.71 bits per heavy atom. The molecule has 3 amide bonds. The lowest BCUT2D eigenvalue weighted by Crippen LogP contribution is -2.65. The molecule has 1 aliphatic rings. The van der Waals surface area contributed by atoms with Gasteiger partial charge in [-0.3, -0.25) is 19.6 Å². The van der Waals surface area contributed by atoms with E-state index in [1.54, 1.807) is 48.2 Å². The third-order valence-corrected chi connectivity index (χ3v) is 12.7. The molecule has 0 saturated carbocycles. The number of piperidine rings is 1. The Labute approximate surface area is 415 Å². The Kier molecular flexibility index (Phi) is 18.3. The molecule has 3 heterocycles. The maximum absolute atomic E-state index is 14.6. The third kappa shape index (κ3) is 15.0. The second kappa shape index (κ2) is 23.8. The first-order valence-electron chi connectivity index (χ1n) is 23.4. The van der Waals surface area contributed by atoms with E-state index in [1.165, 1.54) is 6.20 Å². The largest absolute Gasteiger partial charge is 0.457 e. The van der Waals surface area contributed by atoms with E-state index in [0.717, 1.165) is 39.5 Å². The Hall–Kier alpha value is -5.55. The molecule has 5 aromatic rings. The summed E-state index contributed by atoms with van der Waals surface area (Å²) in [6.07, 6.45) is 5.54. The van der Waals surface area contributed by atoms with Crippen molar-refractivity contribution in [1.29, 1.82) is 0 Å². The van der Waals surface area contributed by atoms with E-state index in [2.05, 4.69) is 30.4 Å². The summed E-state index contributed by atoms with van der Waals surface area (Å²) in [6, 6.07) is 23.5. The fraction of sp³-hybridized carbons (Fsp3) is 0.442. The van der Waals surface area contributed by atoms with Crippen LogP contribution in [0.15, 0.2) is 97.3 Å². The van der Waals surface area contributed by atoms with E-state index >= 15 is 0 Å². The predicted octanol–water partition coefficient (Wildman–Crippen LogP) is 6.51. The first kappa shape index (κ1) is 52.8. The number of carbonyl (C=O) groups is 3. The maximum Gasteiger partial charge on any atom is 0.245 e. The molecule has 6 rings (SSSR count). The van der Waals surface area contributed by atoms with Crippen LogP contribution in [-0.4, -0.2) is 111 Å². The lowest BCUT2D eigenvalue weighted by molar-refractivity contribution is -0.909. The Morgan fingerprint density at radius 1 is 0.986 bits per heavy atom. The van der Waals surface area contributed by atoms with Gasteiger partial charge in [0.15, 0.2) is 0 Å². The molecule has 0 spiro atoms. The molecule has 370 valence electrons. The van der Waals surface area contributed by atoms with Crippen molar-refractivity contribution < 1.29 is 38.9 Å². The van der Waals surface area contributed by atoms with Crippen molar-refractivity contribution in [1.82, 2.24) is 35.3 Å². The van der Waals surface area contributed by atoms with Crippen LogP contribution in [0.25, 0.3) is 11.3 Å². The van der Waals surface area contributed by atoms with Gasteiger partial charge in [-0.1, -0.05) is 41.4 Å². The SMILES string of the molecule is C[C@H](NCc1ccc(Cl)cc1Oc1ccc(-c2cnc(CN(C)C)n2C)cc1)C(=O)N[C@@H](CO)C(=O)N[C@@]1(Cc2ccc(Cl)cc2)CCCN(C(=O)[C@@H](CCOC(C)(C)C)Cc2cccc[n+]2O)C1. The number of benzene rings is 3. The van der Waals surface area contributed by atoms with Crippen molar-refractivity contribution in [2.24, 2.45) is 13.0 Å². The number of hydrogen-bond acceptors (Lipinski definition) is 10. The fourth-order valence-electron chi connectivity index (χ4n) is 8.50. The van der Waals surface area contributed by atoms with Crippen molar-refractivity contribution in [2.75, 3.05) is 40.4 Å². The first-order chi connectivity index (χ1) is 32.8. The molecule has 15 nitrogen and oxygen atoms in total. The monoisotopic (exact) mass is 985 g/mol. The van der Waals surface area contributed by atoms with Crippen LogP contribution in [0.5, 0.6) is 11.5 Å². The highest BCUT2D eigenvalue weighted by Gasteiger charge is 2.42. The number of rotatable bonds is 21. The van der Waals surface area contributed by atoms with Gasteiger partial charge in [0.25, 0.3) is 0 Å². The average molecular weight is 987 g/mol. The molecule has 0 bridgehead atoms. The van der Waals surface area contributed by atoms with Gasteiger partial charge in [-0.05, 0) is 128 Å². The van der Waals surface area contributed by atoms with Crippen LogP contribution < -0.4 is 25.4 Å². The predicted molar refractivity (Wildman–Crippen MR) is 266 cm³/mol. The van der Waals surface area contributed by atoms with Crippen molar-refractivity contribution in [3.8, 4) is 22.8 Å². The molecule has 5 N–H and O–H groups in total. The molecule has 1 aliphatic heterocycles. The third-order valence-electron chi connectivity index (χ3n) is 12.2. The first-order valence-corrected chi connectivity index (χ1v) is 24.1. The topological polar surface area (TPSA) is 174 Å². The van der Waals surface area contributed by atoms with Crippen LogP contribution in [0, 0.1) is 5.92 Å². The number of nitrogens with one attached hydrogen (secondary N) is 3. The molecule has 17 heteroatoms. The van der Waals surface area contributed by atoms with E-state index in [1.807, 2.05) is 96.6 Å². The van der Waals surface area contributed by atoms with E-state index < -0.39 is 47.6 Å². The molecule has 3 aromatic carbocycles. The van der Waals surface area contributed by atoms with Crippen molar-refractivity contribution in [3.05, 3.63) is 130 Å². The van der Waals surface area contributed by atoms with Crippen LogP contribution in [0.3, 0.4) is 0 Å². The van der Waals surface area contributed by atoms with Crippen LogP contribution in [0.4, 0.5) is 0 Å².